The molecule has 1 nitrogen and oxygen atoms in total. The molecule has 0 spiro atoms. The molecule has 1 heterocycles. The van der Waals surface area contributed by atoms with E-state index in [0.29, 0.717) is 16.9 Å². The monoisotopic (exact) mass is 198 g/mol. The molecule has 1 aliphatic heterocycles. The minimum Gasteiger partial charge on any atom is -0.378 e. The fraction of sp³-hybridized carbons (Fsp3) is 1.00. The van der Waals surface area contributed by atoms with Gasteiger partial charge in [0.25, 0.3) is 0 Å². The largest absolute Gasteiger partial charge is 0.378 e. The van der Waals surface area contributed by atoms with Crippen molar-refractivity contribution in [2.24, 2.45) is 10.8 Å². The highest BCUT2D eigenvalue weighted by Gasteiger charge is 2.34. The highest BCUT2D eigenvalue weighted by Crippen LogP contribution is 2.39. The van der Waals surface area contributed by atoms with Gasteiger partial charge in [-0.1, -0.05) is 34.6 Å². The van der Waals surface area contributed by atoms with Crippen molar-refractivity contribution < 1.29 is 4.74 Å². The minimum atomic E-state index is 0.332. The molecule has 0 N–H and O–H groups in total. The highest BCUT2D eigenvalue weighted by atomic mass is 16.5. The van der Waals surface area contributed by atoms with Gasteiger partial charge in [-0.05, 0) is 36.5 Å². The van der Waals surface area contributed by atoms with Crippen LogP contribution in [-0.2, 0) is 4.74 Å². The van der Waals surface area contributed by atoms with Crippen molar-refractivity contribution in [2.45, 2.75) is 66.4 Å². The van der Waals surface area contributed by atoms with E-state index >= 15 is 0 Å². The third-order valence-corrected chi connectivity index (χ3v) is 3.04. The molecule has 0 bridgehead atoms. The first kappa shape index (κ1) is 12.0. The zero-order valence-corrected chi connectivity index (χ0v) is 10.5. The summed E-state index contributed by atoms with van der Waals surface area (Å²) in [7, 11) is 0. The van der Waals surface area contributed by atoms with Gasteiger partial charge in [-0.3, -0.25) is 0 Å². The highest BCUT2D eigenvalue weighted by molar-refractivity contribution is 4.85. The van der Waals surface area contributed by atoms with Gasteiger partial charge in [0.15, 0.2) is 0 Å². The molecule has 84 valence electrons. The van der Waals surface area contributed by atoms with Gasteiger partial charge in [0.05, 0.1) is 6.10 Å². The van der Waals surface area contributed by atoms with Gasteiger partial charge < -0.3 is 4.74 Å². The van der Waals surface area contributed by atoms with Gasteiger partial charge >= 0.3 is 0 Å². The number of rotatable bonds is 2. The molecule has 0 aliphatic carbocycles. The maximum Gasteiger partial charge on any atom is 0.0626 e. The smallest absolute Gasteiger partial charge is 0.0626 e. The molecule has 0 aromatic carbocycles. The number of hydrogen-bond acceptors (Lipinski definition) is 1. The Morgan fingerprint density at radius 2 is 1.71 bits per heavy atom. The second kappa shape index (κ2) is 4.22. The lowest BCUT2D eigenvalue weighted by molar-refractivity contribution is -0.0679. The van der Waals surface area contributed by atoms with Crippen LogP contribution in [0.25, 0.3) is 0 Å². The molecule has 0 radical (unpaired) electrons. The lowest BCUT2D eigenvalue weighted by Gasteiger charge is -2.40. The van der Waals surface area contributed by atoms with Crippen molar-refractivity contribution in [1.82, 2.24) is 0 Å². The Labute approximate surface area is 89.2 Å². The van der Waals surface area contributed by atoms with Crippen LogP contribution < -0.4 is 0 Å². The van der Waals surface area contributed by atoms with Crippen LogP contribution in [0.1, 0.15) is 60.3 Å². The second-order valence-corrected chi connectivity index (χ2v) is 6.58. The molecule has 1 heteroatoms. The molecule has 1 aliphatic rings. The summed E-state index contributed by atoms with van der Waals surface area (Å²) in [6.07, 6.45) is 5.57. The molecule has 0 saturated carbocycles. The van der Waals surface area contributed by atoms with Gasteiger partial charge in [0.1, 0.15) is 0 Å². The van der Waals surface area contributed by atoms with E-state index < -0.39 is 0 Å². The van der Waals surface area contributed by atoms with Gasteiger partial charge in [0, 0.05) is 6.61 Å². The quantitative estimate of drug-likeness (QED) is 0.651. The van der Waals surface area contributed by atoms with Crippen molar-refractivity contribution in [3.63, 3.8) is 0 Å². The Kier molecular flexibility index (Phi) is 3.63. The molecule has 1 rings (SSSR count). The van der Waals surface area contributed by atoms with E-state index in [1.807, 2.05) is 0 Å². The molecule has 1 atom stereocenters. The van der Waals surface area contributed by atoms with E-state index in [-0.39, 0.29) is 0 Å². The van der Waals surface area contributed by atoms with Crippen molar-refractivity contribution in [3.8, 4) is 0 Å². The molecular formula is C13H26O. The van der Waals surface area contributed by atoms with Gasteiger partial charge in [-0.2, -0.15) is 0 Å². The van der Waals surface area contributed by atoms with Gasteiger partial charge in [-0.15, -0.1) is 0 Å². The van der Waals surface area contributed by atoms with Crippen molar-refractivity contribution >= 4 is 0 Å². The van der Waals surface area contributed by atoms with Crippen molar-refractivity contribution in [1.29, 1.82) is 0 Å². The van der Waals surface area contributed by atoms with Crippen LogP contribution in [0.15, 0.2) is 0 Å². The predicted molar refractivity (Wildman–Crippen MR) is 61.4 cm³/mol. The topological polar surface area (TPSA) is 9.23 Å². The Morgan fingerprint density at radius 1 is 1.07 bits per heavy atom. The second-order valence-electron chi connectivity index (χ2n) is 6.58. The molecule has 1 fully saturated rings. The summed E-state index contributed by atoms with van der Waals surface area (Å²) in [4.78, 5) is 0. The third kappa shape index (κ3) is 3.61. The summed E-state index contributed by atoms with van der Waals surface area (Å²) in [5.41, 5.74) is 0.739. The Hall–Kier alpha value is -0.0400. The Balaban J connectivity index is 2.54. The fourth-order valence-electron chi connectivity index (χ4n) is 2.84. The number of hydrogen-bond donors (Lipinski definition) is 0. The van der Waals surface area contributed by atoms with Crippen LogP contribution >= 0.6 is 0 Å². The van der Waals surface area contributed by atoms with Crippen LogP contribution in [0.3, 0.4) is 0 Å². The molecular weight excluding hydrogens is 172 g/mol. The summed E-state index contributed by atoms with van der Waals surface area (Å²) < 4.78 is 5.89. The van der Waals surface area contributed by atoms with E-state index in [1.165, 1.54) is 25.7 Å². The first-order valence-electron chi connectivity index (χ1n) is 5.93. The van der Waals surface area contributed by atoms with E-state index in [9.17, 15) is 0 Å². The lowest BCUT2D eigenvalue weighted by Crippen LogP contribution is -2.37. The van der Waals surface area contributed by atoms with Crippen LogP contribution in [0, 0.1) is 10.8 Å². The zero-order valence-electron chi connectivity index (χ0n) is 10.5. The average Bonchev–Trinajstić information content (AvgIpc) is 2.01. The van der Waals surface area contributed by atoms with E-state index in [2.05, 4.69) is 34.6 Å². The normalized spacial score (nSPS) is 25.1. The Bertz CT molecular complexity index is 170. The predicted octanol–water partition coefficient (Wildman–Crippen LogP) is 4.02. The molecule has 1 unspecified atom stereocenters. The summed E-state index contributed by atoms with van der Waals surface area (Å²) in [6.45, 7) is 12.6. The molecule has 0 amide bonds. The minimum absolute atomic E-state index is 0.332. The molecule has 14 heavy (non-hydrogen) atoms. The molecule has 0 aromatic rings. The summed E-state index contributed by atoms with van der Waals surface area (Å²) in [6, 6.07) is 0. The first-order chi connectivity index (χ1) is 6.31. The zero-order chi connectivity index (χ0) is 10.8. The van der Waals surface area contributed by atoms with Crippen molar-refractivity contribution in [3.05, 3.63) is 0 Å². The standard InChI is InChI=1S/C13H26O/c1-12(2,3)10-13(4,5)11-8-6-7-9-14-11/h11H,6-10H2,1-5H3. The first-order valence-corrected chi connectivity index (χ1v) is 5.93. The maximum absolute atomic E-state index is 5.89. The summed E-state index contributed by atoms with van der Waals surface area (Å²) in [5.74, 6) is 0. The SMILES string of the molecule is CC(C)(C)CC(C)(C)C1CCCCO1. The van der Waals surface area contributed by atoms with E-state index in [1.54, 1.807) is 0 Å². The third-order valence-electron chi connectivity index (χ3n) is 3.04. The molecule has 1 saturated heterocycles. The van der Waals surface area contributed by atoms with Crippen LogP contribution in [0.4, 0.5) is 0 Å². The van der Waals surface area contributed by atoms with Crippen LogP contribution in [-0.4, -0.2) is 12.7 Å². The van der Waals surface area contributed by atoms with E-state index in [4.69, 9.17) is 4.74 Å². The van der Waals surface area contributed by atoms with E-state index in [0.717, 1.165) is 6.61 Å². The summed E-state index contributed by atoms with van der Waals surface area (Å²) >= 11 is 0. The summed E-state index contributed by atoms with van der Waals surface area (Å²) in [5, 5.41) is 0. The Morgan fingerprint density at radius 3 is 2.14 bits per heavy atom. The van der Waals surface area contributed by atoms with Crippen molar-refractivity contribution in [2.75, 3.05) is 6.61 Å². The molecule has 0 aromatic heterocycles. The maximum atomic E-state index is 5.89. The van der Waals surface area contributed by atoms with Crippen LogP contribution in [0.5, 0.6) is 0 Å². The average molecular weight is 198 g/mol. The fourth-order valence-corrected chi connectivity index (χ4v) is 2.84. The lowest BCUT2D eigenvalue weighted by atomic mass is 9.71. The van der Waals surface area contributed by atoms with Gasteiger partial charge in [0.2, 0.25) is 0 Å². The van der Waals surface area contributed by atoms with Crippen LogP contribution in [0.2, 0.25) is 0 Å². The van der Waals surface area contributed by atoms with Gasteiger partial charge in [-0.25, -0.2) is 0 Å². The number of ether oxygens (including phenoxy) is 1.